The fraction of sp³-hybridized carbons (Fsp3) is 0.500. The Balaban J connectivity index is 2.92. The number of rotatable bonds is 3. The van der Waals surface area contributed by atoms with Crippen molar-refractivity contribution in [2.24, 2.45) is 0 Å². The van der Waals surface area contributed by atoms with Crippen LogP contribution in [-0.4, -0.2) is 20.0 Å². The Morgan fingerprint density at radius 2 is 2.50 bits per heavy atom. The van der Waals surface area contributed by atoms with E-state index in [0.717, 1.165) is 5.33 Å². The van der Waals surface area contributed by atoms with E-state index in [0.29, 0.717) is 12.1 Å². The Hall–Kier alpha value is -0.910. The molecule has 1 aromatic heterocycles. The summed E-state index contributed by atoms with van der Waals surface area (Å²) in [5, 5.41) is 14.9. The lowest BCUT2D eigenvalue weighted by molar-refractivity contribution is -0.390. The van der Waals surface area contributed by atoms with Gasteiger partial charge in [-0.1, -0.05) is 15.9 Å². The smallest absolute Gasteiger partial charge is 0.358 e. The Morgan fingerprint density at radius 3 is 2.92 bits per heavy atom. The molecule has 0 aliphatic heterocycles. The van der Waals surface area contributed by atoms with Gasteiger partial charge in [0.25, 0.3) is 0 Å². The third-order valence-electron chi connectivity index (χ3n) is 1.41. The van der Waals surface area contributed by atoms with E-state index in [9.17, 15) is 10.1 Å². The lowest BCUT2D eigenvalue weighted by Gasteiger charge is -1.87. The van der Waals surface area contributed by atoms with E-state index in [4.69, 9.17) is 0 Å². The van der Waals surface area contributed by atoms with Crippen molar-refractivity contribution < 1.29 is 4.92 Å². The molecule has 1 heterocycles. The highest BCUT2D eigenvalue weighted by atomic mass is 79.9. The van der Waals surface area contributed by atoms with Crippen molar-refractivity contribution in [2.75, 3.05) is 5.33 Å². The van der Waals surface area contributed by atoms with Gasteiger partial charge in [0.2, 0.25) is 0 Å². The molecule has 6 heteroatoms. The number of hydrogen-bond donors (Lipinski definition) is 0. The summed E-state index contributed by atoms with van der Waals surface area (Å²) in [7, 11) is 0. The van der Waals surface area contributed by atoms with Gasteiger partial charge in [-0.3, -0.25) is 0 Å². The molecule has 5 nitrogen and oxygen atoms in total. The molecule has 0 bridgehead atoms. The lowest BCUT2D eigenvalue weighted by Crippen LogP contribution is -2.00. The molecule has 0 saturated carbocycles. The van der Waals surface area contributed by atoms with Gasteiger partial charge in [-0.2, -0.15) is 4.68 Å². The van der Waals surface area contributed by atoms with Crippen LogP contribution in [-0.2, 0) is 6.54 Å². The maximum atomic E-state index is 10.4. The van der Waals surface area contributed by atoms with Crippen LogP contribution in [0.3, 0.4) is 0 Å². The number of nitrogens with zero attached hydrogens (tertiary/aromatic N) is 3. The van der Waals surface area contributed by atoms with E-state index in [-0.39, 0.29) is 5.82 Å². The molecule has 0 atom stereocenters. The molecular weight excluding hydrogens is 226 g/mol. The summed E-state index contributed by atoms with van der Waals surface area (Å²) in [4.78, 5) is 9.89. The SMILES string of the molecule is Cc1cn(CCBr)nc1[N+](=O)[O-]. The molecule has 0 N–H and O–H groups in total. The minimum atomic E-state index is -0.472. The van der Waals surface area contributed by atoms with Crippen molar-refractivity contribution in [1.82, 2.24) is 9.78 Å². The molecule has 66 valence electrons. The van der Waals surface area contributed by atoms with Crippen LogP contribution in [0.5, 0.6) is 0 Å². The van der Waals surface area contributed by atoms with Gasteiger partial charge in [0.1, 0.15) is 0 Å². The molecule has 0 fully saturated rings. The Labute approximate surface area is 77.7 Å². The number of halogens is 1. The number of aromatic nitrogens is 2. The maximum absolute atomic E-state index is 10.4. The number of nitro groups is 1. The number of hydrogen-bond acceptors (Lipinski definition) is 3. The first-order valence-corrected chi connectivity index (χ1v) is 4.51. The predicted molar refractivity (Wildman–Crippen MR) is 47.4 cm³/mol. The first-order chi connectivity index (χ1) is 5.65. The highest BCUT2D eigenvalue weighted by Crippen LogP contribution is 2.13. The standard InChI is InChI=1S/C6H8BrN3O2/c1-5-4-9(3-2-7)8-6(5)10(11)12/h4H,2-3H2,1H3. The van der Waals surface area contributed by atoms with E-state index in [1.54, 1.807) is 17.8 Å². The zero-order valence-corrected chi connectivity index (χ0v) is 8.11. The van der Waals surface area contributed by atoms with Gasteiger partial charge in [0, 0.05) is 5.33 Å². The van der Waals surface area contributed by atoms with Crippen molar-refractivity contribution in [2.45, 2.75) is 13.5 Å². The zero-order chi connectivity index (χ0) is 9.14. The molecule has 0 aromatic carbocycles. The van der Waals surface area contributed by atoms with Crippen LogP contribution in [0.4, 0.5) is 5.82 Å². The molecule has 0 amide bonds. The van der Waals surface area contributed by atoms with Gasteiger partial charge < -0.3 is 10.1 Å². The molecule has 0 spiro atoms. The fourth-order valence-electron chi connectivity index (χ4n) is 0.892. The molecule has 12 heavy (non-hydrogen) atoms. The monoisotopic (exact) mass is 233 g/mol. The van der Waals surface area contributed by atoms with Gasteiger partial charge >= 0.3 is 5.82 Å². The summed E-state index contributed by atoms with van der Waals surface area (Å²) >= 11 is 3.23. The first-order valence-electron chi connectivity index (χ1n) is 3.39. The highest BCUT2D eigenvalue weighted by molar-refractivity contribution is 9.09. The summed E-state index contributed by atoms with van der Waals surface area (Å²) in [5.74, 6) is -0.0593. The van der Waals surface area contributed by atoms with Crippen LogP contribution in [0.15, 0.2) is 6.20 Å². The molecule has 0 unspecified atom stereocenters. The van der Waals surface area contributed by atoms with Crippen LogP contribution < -0.4 is 0 Å². The van der Waals surface area contributed by atoms with Gasteiger partial charge in [-0.25, -0.2) is 0 Å². The van der Waals surface area contributed by atoms with Crippen molar-refractivity contribution >= 4 is 21.7 Å². The van der Waals surface area contributed by atoms with E-state index in [1.807, 2.05) is 0 Å². The van der Waals surface area contributed by atoms with Crippen LogP contribution in [0.2, 0.25) is 0 Å². The second-order valence-corrected chi connectivity index (χ2v) is 3.14. The third kappa shape index (κ3) is 1.82. The van der Waals surface area contributed by atoms with E-state index < -0.39 is 4.92 Å². The molecule has 0 saturated heterocycles. The van der Waals surface area contributed by atoms with Gasteiger partial charge in [0.05, 0.1) is 23.4 Å². The highest BCUT2D eigenvalue weighted by Gasteiger charge is 2.15. The van der Waals surface area contributed by atoms with Crippen LogP contribution in [0.1, 0.15) is 5.56 Å². The lowest BCUT2D eigenvalue weighted by atomic mass is 10.4. The summed E-state index contributed by atoms with van der Waals surface area (Å²) in [6, 6.07) is 0. The van der Waals surface area contributed by atoms with Crippen LogP contribution >= 0.6 is 15.9 Å². The first kappa shape index (κ1) is 9.18. The van der Waals surface area contributed by atoms with Crippen LogP contribution in [0.25, 0.3) is 0 Å². The van der Waals surface area contributed by atoms with E-state index >= 15 is 0 Å². The van der Waals surface area contributed by atoms with E-state index in [2.05, 4.69) is 21.0 Å². The van der Waals surface area contributed by atoms with E-state index in [1.165, 1.54) is 0 Å². The van der Waals surface area contributed by atoms with Crippen molar-refractivity contribution in [1.29, 1.82) is 0 Å². The molecule has 1 rings (SSSR count). The molecule has 0 aliphatic carbocycles. The number of aryl methyl sites for hydroxylation is 2. The zero-order valence-electron chi connectivity index (χ0n) is 6.53. The molecule has 0 radical (unpaired) electrons. The molecule has 1 aromatic rings. The Bertz CT molecular complexity index is 297. The third-order valence-corrected chi connectivity index (χ3v) is 1.76. The van der Waals surface area contributed by atoms with Crippen LogP contribution in [0, 0.1) is 17.0 Å². The van der Waals surface area contributed by atoms with Gasteiger partial charge in [0.15, 0.2) is 0 Å². The second kappa shape index (κ2) is 3.66. The molecular formula is C6H8BrN3O2. The molecule has 0 aliphatic rings. The summed E-state index contributed by atoms with van der Waals surface area (Å²) in [6.07, 6.45) is 1.67. The normalized spacial score (nSPS) is 10.2. The number of alkyl halides is 1. The summed E-state index contributed by atoms with van der Waals surface area (Å²) in [5.41, 5.74) is 0.598. The second-order valence-electron chi connectivity index (χ2n) is 2.34. The summed E-state index contributed by atoms with van der Waals surface area (Å²) in [6.45, 7) is 2.32. The predicted octanol–water partition coefficient (Wildman–Crippen LogP) is 1.49. The van der Waals surface area contributed by atoms with Gasteiger partial charge in [-0.05, 0) is 11.8 Å². The Kier molecular flexibility index (Phi) is 2.80. The maximum Gasteiger partial charge on any atom is 0.392 e. The quantitative estimate of drug-likeness (QED) is 0.452. The fourth-order valence-corrected chi connectivity index (χ4v) is 1.26. The summed E-state index contributed by atoms with van der Waals surface area (Å²) < 4.78 is 1.56. The topological polar surface area (TPSA) is 61.0 Å². The largest absolute Gasteiger partial charge is 0.392 e. The minimum absolute atomic E-state index is 0.0593. The van der Waals surface area contributed by atoms with Crippen molar-refractivity contribution in [3.63, 3.8) is 0 Å². The van der Waals surface area contributed by atoms with Crippen molar-refractivity contribution in [3.8, 4) is 0 Å². The average Bonchev–Trinajstić information content (AvgIpc) is 2.32. The average molecular weight is 234 g/mol. The Morgan fingerprint density at radius 1 is 1.83 bits per heavy atom. The van der Waals surface area contributed by atoms with Crippen molar-refractivity contribution in [3.05, 3.63) is 21.9 Å². The minimum Gasteiger partial charge on any atom is -0.358 e. The van der Waals surface area contributed by atoms with Gasteiger partial charge in [-0.15, -0.1) is 0 Å².